The van der Waals surface area contributed by atoms with Crippen molar-refractivity contribution in [1.29, 1.82) is 0 Å². The van der Waals surface area contributed by atoms with Crippen LogP contribution in [0.1, 0.15) is 113 Å². The number of aromatic nitrogens is 2. The predicted molar refractivity (Wildman–Crippen MR) is 137 cm³/mol. The summed E-state index contributed by atoms with van der Waals surface area (Å²) in [6.07, 6.45) is 15.0. The highest BCUT2D eigenvalue weighted by atomic mass is 19.3. The Morgan fingerprint density at radius 2 is 1.73 bits per heavy atom. The van der Waals surface area contributed by atoms with Crippen molar-refractivity contribution in [3.05, 3.63) is 52.6 Å². The normalized spacial score (nSPS) is 19.5. The molecule has 2 aliphatic carbocycles. The molecule has 0 saturated heterocycles. The van der Waals surface area contributed by atoms with E-state index in [1.807, 2.05) is 6.92 Å². The van der Waals surface area contributed by atoms with Gasteiger partial charge >= 0.3 is 0 Å². The Bertz CT molecular complexity index is 1020. The van der Waals surface area contributed by atoms with E-state index in [1.54, 1.807) is 0 Å². The van der Waals surface area contributed by atoms with E-state index in [9.17, 15) is 4.39 Å². The Balaban J connectivity index is 1.37. The topological polar surface area (TPSA) is 35.0 Å². The molecule has 0 aliphatic heterocycles. The van der Waals surface area contributed by atoms with Crippen molar-refractivity contribution < 1.29 is 22.3 Å². The fourth-order valence-corrected chi connectivity index (χ4v) is 5.49. The van der Waals surface area contributed by atoms with Gasteiger partial charge in [-0.3, -0.25) is 0 Å². The highest BCUT2D eigenvalue weighted by Gasteiger charge is 2.50. The number of aryl methyl sites for hydroxylation is 1. The number of alkyl halides is 2. The number of rotatable bonds is 14. The highest BCUT2D eigenvalue weighted by Crippen LogP contribution is 2.50. The molecule has 1 saturated carbocycles. The number of halogens is 4. The minimum atomic E-state index is -3.60. The van der Waals surface area contributed by atoms with E-state index in [-0.39, 0.29) is 35.7 Å². The molecular weight excluding hydrogens is 480 g/mol. The summed E-state index contributed by atoms with van der Waals surface area (Å²) in [7, 11) is 0. The number of hydrogen-bond donors (Lipinski definition) is 0. The summed E-state index contributed by atoms with van der Waals surface area (Å²) in [6.45, 7) is 4.59. The fourth-order valence-electron chi connectivity index (χ4n) is 5.49. The summed E-state index contributed by atoms with van der Waals surface area (Å²) in [6, 6.07) is 1.45. The van der Waals surface area contributed by atoms with Crippen molar-refractivity contribution in [1.82, 2.24) is 9.97 Å². The molecule has 1 aromatic carbocycles. The number of nitrogens with zero attached hydrogens (tertiary/aromatic N) is 2. The predicted octanol–water partition coefficient (Wildman–Crippen LogP) is 8.68. The number of ether oxygens (including phenoxy) is 1. The molecule has 0 radical (unpaired) electrons. The largest absolute Gasteiger partial charge is 0.490 e. The van der Waals surface area contributed by atoms with Gasteiger partial charge in [0.1, 0.15) is 5.82 Å². The van der Waals surface area contributed by atoms with Crippen LogP contribution in [0, 0.1) is 23.5 Å². The monoisotopic (exact) mass is 520 g/mol. The van der Waals surface area contributed by atoms with Crippen LogP contribution in [0.2, 0.25) is 0 Å². The van der Waals surface area contributed by atoms with E-state index in [2.05, 4.69) is 16.9 Å². The van der Waals surface area contributed by atoms with Crippen LogP contribution in [-0.2, 0) is 18.8 Å². The van der Waals surface area contributed by atoms with Crippen LogP contribution in [0.5, 0.6) is 5.75 Å². The van der Waals surface area contributed by atoms with Crippen LogP contribution in [-0.4, -0.2) is 16.6 Å². The standard InChI is InChI=1S/C30H40F4N2O/c1-3-4-9-20(2)16-23-17-22-13-14-25(30(33,34)26(22)28(32)27(23)31)29-35-18-24(19-36-29)37-15-8-6-5-7-10-21-11-12-21/h17-21,25H,3-16H2,1-2H3. The summed E-state index contributed by atoms with van der Waals surface area (Å²) in [5.41, 5.74) is -0.457. The van der Waals surface area contributed by atoms with Crippen molar-refractivity contribution in [3.63, 3.8) is 0 Å². The molecule has 1 aromatic heterocycles. The summed E-state index contributed by atoms with van der Waals surface area (Å²) in [5.74, 6) is -6.11. The molecule has 2 aliphatic rings. The smallest absolute Gasteiger partial charge is 0.286 e. The van der Waals surface area contributed by atoms with Gasteiger partial charge in [0.15, 0.2) is 17.4 Å². The molecule has 1 heterocycles. The van der Waals surface area contributed by atoms with E-state index >= 15 is 13.2 Å². The van der Waals surface area contributed by atoms with Gasteiger partial charge in [-0.05, 0) is 48.6 Å². The summed E-state index contributed by atoms with van der Waals surface area (Å²) in [5, 5.41) is 0. The maximum atomic E-state index is 15.5. The molecule has 2 aromatic rings. The molecule has 1 fully saturated rings. The molecule has 0 amide bonds. The van der Waals surface area contributed by atoms with Crippen molar-refractivity contribution >= 4 is 0 Å². The van der Waals surface area contributed by atoms with Gasteiger partial charge in [-0.2, -0.15) is 0 Å². The zero-order chi connectivity index (χ0) is 26.4. The minimum Gasteiger partial charge on any atom is -0.490 e. The first-order valence-electron chi connectivity index (χ1n) is 14.1. The lowest BCUT2D eigenvalue weighted by Crippen LogP contribution is -2.33. The molecule has 204 valence electrons. The second kappa shape index (κ2) is 12.6. The summed E-state index contributed by atoms with van der Waals surface area (Å²) < 4.78 is 66.7. The lowest BCUT2D eigenvalue weighted by molar-refractivity contribution is -0.0499. The van der Waals surface area contributed by atoms with Crippen molar-refractivity contribution in [3.8, 4) is 5.75 Å². The number of unbranched alkanes of at least 4 members (excludes halogenated alkanes) is 4. The van der Waals surface area contributed by atoms with Gasteiger partial charge in [0, 0.05) is 0 Å². The molecule has 0 spiro atoms. The van der Waals surface area contributed by atoms with Crippen molar-refractivity contribution in [2.45, 2.75) is 109 Å². The third-order valence-electron chi connectivity index (χ3n) is 7.89. The Labute approximate surface area is 218 Å². The lowest BCUT2D eigenvalue weighted by atomic mass is 9.78. The Hall–Kier alpha value is -2.18. The van der Waals surface area contributed by atoms with E-state index in [0.717, 1.165) is 38.0 Å². The minimum absolute atomic E-state index is 0.0664. The van der Waals surface area contributed by atoms with Crippen LogP contribution >= 0.6 is 0 Å². The van der Waals surface area contributed by atoms with Crippen LogP contribution in [0.3, 0.4) is 0 Å². The van der Waals surface area contributed by atoms with Gasteiger partial charge in [0.05, 0.1) is 30.5 Å². The Morgan fingerprint density at radius 3 is 2.43 bits per heavy atom. The van der Waals surface area contributed by atoms with Crippen molar-refractivity contribution in [2.75, 3.05) is 6.61 Å². The first-order chi connectivity index (χ1) is 17.8. The average molecular weight is 521 g/mol. The number of fused-ring (bicyclic) bond motifs is 1. The molecule has 3 nitrogen and oxygen atoms in total. The van der Waals surface area contributed by atoms with Gasteiger partial charge in [0.2, 0.25) is 0 Å². The fraction of sp³-hybridized carbons (Fsp3) is 0.667. The van der Waals surface area contributed by atoms with Crippen LogP contribution < -0.4 is 4.74 Å². The van der Waals surface area contributed by atoms with Crippen LogP contribution in [0.25, 0.3) is 0 Å². The molecule has 4 rings (SSSR count). The van der Waals surface area contributed by atoms with Gasteiger partial charge in [-0.1, -0.05) is 77.7 Å². The molecule has 0 bridgehead atoms. The zero-order valence-electron chi connectivity index (χ0n) is 22.2. The Kier molecular flexibility index (Phi) is 9.46. The number of benzene rings is 1. The molecular formula is C30H40F4N2O. The Morgan fingerprint density at radius 1 is 1.00 bits per heavy atom. The third-order valence-corrected chi connectivity index (χ3v) is 7.89. The van der Waals surface area contributed by atoms with Crippen LogP contribution in [0.15, 0.2) is 18.5 Å². The van der Waals surface area contributed by atoms with Gasteiger partial charge < -0.3 is 4.74 Å². The maximum Gasteiger partial charge on any atom is 0.286 e. The zero-order valence-corrected chi connectivity index (χ0v) is 22.2. The van der Waals surface area contributed by atoms with Gasteiger partial charge in [0.25, 0.3) is 5.92 Å². The number of hydrogen-bond acceptors (Lipinski definition) is 3. The highest BCUT2D eigenvalue weighted by molar-refractivity contribution is 5.42. The lowest BCUT2D eigenvalue weighted by Gasteiger charge is -2.33. The second-order valence-electron chi connectivity index (χ2n) is 11.1. The maximum absolute atomic E-state index is 15.5. The SMILES string of the molecule is CCCCC(C)Cc1cc2c(c(F)c1F)C(F)(F)C(c1ncc(OCCCCCCC3CC3)cn1)CC2. The van der Waals surface area contributed by atoms with Gasteiger partial charge in [-0.15, -0.1) is 0 Å². The van der Waals surface area contributed by atoms with Crippen molar-refractivity contribution in [2.24, 2.45) is 11.8 Å². The first kappa shape index (κ1) is 27.8. The molecule has 7 heteroatoms. The second-order valence-corrected chi connectivity index (χ2v) is 11.1. The van der Waals surface area contributed by atoms with Crippen LogP contribution in [0.4, 0.5) is 17.6 Å². The molecule has 2 unspecified atom stereocenters. The molecule has 37 heavy (non-hydrogen) atoms. The first-order valence-corrected chi connectivity index (χ1v) is 14.1. The molecule has 0 N–H and O–H groups in total. The average Bonchev–Trinajstić information content (AvgIpc) is 3.70. The van der Waals surface area contributed by atoms with E-state index < -0.39 is 29.0 Å². The summed E-state index contributed by atoms with van der Waals surface area (Å²) in [4.78, 5) is 8.26. The molecule has 2 atom stereocenters. The van der Waals surface area contributed by atoms with E-state index in [0.29, 0.717) is 18.8 Å². The summed E-state index contributed by atoms with van der Waals surface area (Å²) >= 11 is 0. The third kappa shape index (κ3) is 7.02. The van der Waals surface area contributed by atoms with Gasteiger partial charge in [-0.25, -0.2) is 27.5 Å². The van der Waals surface area contributed by atoms with E-state index in [4.69, 9.17) is 4.74 Å². The van der Waals surface area contributed by atoms with E-state index in [1.165, 1.54) is 50.6 Å². The quantitative estimate of drug-likeness (QED) is 0.185.